The Bertz CT molecular complexity index is 299. The van der Waals surface area contributed by atoms with Crippen LogP contribution in [-0.2, 0) is 0 Å². The molecule has 1 aliphatic carbocycles. The normalized spacial score (nSPS) is 30.0. The van der Waals surface area contributed by atoms with Crippen molar-refractivity contribution in [3.8, 4) is 0 Å². The lowest BCUT2D eigenvalue weighted by atomic mass is 9.79. The van der Waals surface area contributed by atoms with E-state index in [1.54, 1.807) is 0 Å². The monoisotopic (exact) mass is 294 g/mol. The zero-order valence-corrected chi connectivity index (χ0v) is 15.1. The summed E-state index contributed by atoms with van der Waals surface area (Å²) in [6.45, 7) is 15.6. The van der Waals surface area contributed by atoms with Crippen molar-refractivity contribution in [2.75, 3.05) is 19.6 Å². The van der Waals surface area contributed by atoms with E-state index in [2.05, 4.69) is 44.8 Å². The number of hydrogen-bond donors (Lipinski definition) is 1. The lowest BCUT2D eigenvalue weighted by molar-refractivity contribution is 0.0413. The Labute approximate surface area is 133 Å². The first kappa shape index (κ1) is 17.3. The van der Waals surface area contributed by atoms with Crippen molar-refractivity contribution >= 4 is 0 Å². The predicted molar refractivity (Wildman–Crippen MR) is 92.6 cm³/mol. The first-order valence-electron chi connectivity index (χ1n) is 9.35. The van der Waals surface area contributed by atoms with Crippen LogP contribution < -0.4 is 5.32 Å². The Balaban J connectivity index is 2.00. The van der Waals surface area contributed by atoms with Crippen molar-refractivity contribution in [3.05, 3.63) is 0 Å². The average Bonchev–Trinajstić information content (AvgIpc) is 2.44. The van der Waals surface area contributed by atoms with Gasteiger partial charge in [0, 0.05) is 25.2 Å². The quantitative estimate of drug-likeness (QED) is 0.831. The highest BCUT2D eigenvalue weighted by Gasteiger charge is 2.37. The fourth-order valence-electron chi connectivity index (χ4n) is 4.07. The number of nitrogens with one attached hydrogen (secondary N) is 1. The van der Waals surface area contributed by atoms with Gasteiger partial charge >= 0.3 is 0 Å². The summed E-state index contributed by atoms with van der Waals surface area (Å²) in [5.41, 5.74) is 0.369. The fourth-order valence-corrected chi connectivity index (χ4v) is 4.07. The molecule has 1 N–H and O–H groups in total. The van der Waals surface area contributed by atoms with Crippen molar-refractivity contribution in [1.29, 1.82) is 0 Å². The molecule has 0 radical (unpaired) electrons. The van der Waals surface area contributed by atoms with Crippen LogP contribution in [0.1, 0.15) is 73.1 Å². The van der Waals surface area contributed by atoms with Gasteiger partial charge in [-0.25, -0.2) is 0 Å². The topological polar surface area (TPSA) is 15.3 Å². The third kappa shape index (κ3) is 4.96. The number of rotatable bonds is 4. The van der Waals surface area contributed by atoms with E-state index in [9.17, 15) is 0 Å². The van der Waals surface area contributed by atoms with E-state index in [0.29, 0.717) is 11.5 Å². The van der Waals surface area contributed by atoms with Gasteiger partial charge in [0.1, 0.15) is 0 Å². The third-order valence-corrected chi connectivity index (χ3v) is 5.69. The minimum atomic E-state index is 0.369. The van der Waals surface area contributed by atoms with E-state index in [1.165, 1.54) is 58.2 Å². The van der Waals surface area contributed by atoms with Crippen molar-refractivity contribution in [3.63, 3.8) is 0 Å². The van der Waals surface area contributed by atoms with Crippen LogP contribution in [-0.4, -0.2) is 36.6 Å². The molecule has 2 nitrogen and oxygen atoms in total. The summed E-state index contributed by atoms with van der Waals surface area (Å²) in [6.07, 6.45) is 8.66. The van der Waals surface area contributed by atoms with E-state index < -0.39 is 0 Å². The van der Waals surface area contributed by atoms with Gasteiger partial charge < -0.3 is 5.32 Å². The summed E-state index contributed by atoms with van der Waals surface area (Å²) < 4.78 is 0. The van der Waals surface area contributed by atoms with Crippen LogP contribution >= 0.6 is 0 Å². The van der Waals surface area contributed by atoms with E-state index >= 15 is 0 Å². The molecule has 0 aromatic rings. The molecule has 2 aliphatic rings. The lowest BCUT2D eigenvalue weighted by Crippen LogP contribution is -2.62. The first-order valence-corrected chi connectivity index (χ1v) is 9.35. The lowest BCUT2D eigenvalue weighted by Gasteiger charge is -2.48. The second-order valence-corrected chi connectivity index (χ2v) is 8.97. The van der Waals surface area contributed by atoms with Gasteiger partial charge in [0.15, 0.2) is 0 Å². The highest BCUT2D eigenvalue weighted by Crippen LogP contribution is 2.32. The first-order chi connectivity index (χ1) is 9.88. The fraction of sp³-hybridized carbons (Fsp3) is 1.00. The SMILES string of the molecule is CC(C)CCN1CC(C(C)(C)C)NCC1C1CCCCC1. The van der Waals surface area contributed by atoms with Gasteiger partial charge in [-0.1, -0.05) is 53.9 Å². The van der Waals surface area contributed by atoms with Crippen molar-refractivity contribution in [1.82, 2.24) is 10.2 Å². The van der Waals surface area contributed by atoms with Crippen molar-refractivity contribution in [2.24, 2.45) is 17.3 Å². The molecular formula is C19H38N2. The average molecular weight is 295 g/mol. The predicted octanol–water partition coefficient (Wildman–Crippen LogP) is 4.30. The van der Waals surface area contributed by atoms with Crippen molar-refractivity contribution < 1.29 is 0 Å². The van der Waals surface area contributed by atoms with Gasteiger partial charge in [0.25, 0.3) is 0 Å². The maximum absolute atomic E-state index is 3.88. The summed E-state index contributed by atoms with van der Waals surface area (Å²) >= 11 is 0. The molecule has 124 valence electrons. The summed E-state index contributed by atoms with van der Waals surface area (Å²) in [5, 5.41) is 3.88. The van der Waals surface area contributed by atoms with Crippen LogP contribution in [0.4, 0.5) is 0 Å². The molecular weight excluding hydrogens is 256 g/mol. The molecule has 2 unspecified atom stereocenters. The zero-order valence-electron chi connectivity index (χ0n) is 15.1. The summed E-state index contributed by atoms with van der Waals surface area (Å²) in [4.78, 5) is 2.85. The van der Waals surface area contributed by atoms with Crippen LogP contribution in [0.3, 0.4) is 0 Å². The Morgan fingerprint density at radius 2 is 1.76 bits per heavy atom. The molecule has 1 saturated carbocycles. The second-order valence-electron chi connectivity index (χ2n) is 8.97. The molecule has 0 aromatic carbocycles. The minimum Gasteiger partial charge on any atom is -0.311 e. The Hall–Kier alpha value is -0.0800. The summed E-state index contributed by atoms with van der Waals surface area (Å²) in [6, 6.07) is 1.44. The number of piperazine rings is 1. The maximum atomic E-state index is 3.88. The molecule has 2 rings (SSSR count). The van der Waals surface area contributed by atoms with E-state index in [-0.39, 0.29) is 0 Å². The Morgan fingerprint density at radius 3 is 2.33 bits per heavy atom. The van der Waals surface area contributed by atoms with Crippen LogP contribution in [0.5, 0.6) is 0 Å². The molecule has 0 spiro atoms. The molecule has 0 bridgehead atoms. The van der Waals surface area contributed by atoms with E-state index in [1.807, 2.05) is 0 Å². The number of nitrogens with zero attached hydrogens (tertiary/aromatic N) is 1. The van der Waals surface area contributed by atoms with E-state index in [0.717, 1.165) is 17.9 Å². The smallest absolute Gasteiger partial charge is 0.0249 e. The van der Waals surface area contributed by atoms with Crippen LogP contribution in [0, 0.1) is 17.3 Å². The standard InChI is InChI=1S/C19H38N2/c1-15(2)11-12-21-14-18(19(3,4)5)20-13-17(21)16-9-7-6-8-10-16/h15-18,20H,6-14H2,1-5H3. The largest absolute Gasteiger partial charge is 0.311 e. The zero-order chi connectivity index (χ0) is 15.5. The number of hydrogen-bond acceptors (Lipinski definition) is 2. The van der Waals surface area contributed by atoms with Gasteiger partial charge in [-0.3, -0.25) is 4.90 Å². The van der Waals surface area contributed by atoms with Crippen LogP contribution in [0.2, 0.25) is 0 Å². The van der Waals surface area contributed by atoms with Gasteiger partial charge in [-0.2, -0.15) is 0 Å². The molecule has 2 heteroatoms. The van der Waals surface area contributed by atoms with Crippen molar-refractivity contribution in [2.45, 2.75) is 85.2 Å². The molecule has 1 saturated heterocycles. The Morgan fingerprint density at radius 1 is 1.10 bits per heavy atom. The van der Waals surface area contributed by atoms with E-state index in [4.69, 9.17) is 0 Å². The van der Waals surface area contributed by atoms with Crippen LogP contribution in [0.15, 0.2) is 0 Å². The summed E-state index contributed by atoms with van der Waals surface area (Å²) in [5.74, 6) is 1.76. The molecule has 21 heavy (non-hydrogen) atoms. The summed E-state index contributed by atoms with van der Waals surface area (Å²) in [7, 11) is 0. The molecule has 2 atom stereocenters. The second kappa shape index (κ2) is 7.46. The van der Waals surface area contributed by atoms with Gasteiger partial charge in [-0.05, 0) is 43.1 Å². The molecule has 1 aliphatic heterocycles. The maximum Gasteiger partial charge on any atom is 0.0249 e. The van der Waals surface area contributed by atoms with Gasteiger partial charge in [-0.15, -0.1) is 0 Å². The highest BCUT2D eigenvalue weighted by atomic mass is 15.2. The molecule has 0 amide bonds. The van der Waals surface area contributed by atoms with Gasteiger partial charge in [0.05, 0.1) is 0 Å². The Kier molecular flexibility index (Phi) is 6.14. The highest BCUT2D eigenvalue weighted by molar-refractivity contribution is 4.94. The molecule has 1 heterocycles. The minimum absolute atomic E-state index is 0.369. The molecule has 2 fully saturated rings. The molecule has 0 aromatic heterocycles. The van der Waals surface area contributed by atoms with Crippen LogP contribution in [0.25, 0.3) is 0 Å². The third-order valence-electron chi connectivity index (χ3n) is 5.69. The van der Waals surface area contributed by atoms with Gasteiger partial charge in [0.2, 0.25) is 0 Å².